The lowest BCUT2D eigenvalue weighted by Crippen LogP contribution is -2.48. The number of amides is 1. The number of ether oxygens (including phenoxy) is 4. The van der Waals surface area contributed by atoms with Crippen LogP contribution in [0.2, 0.25) is 0 Å². The Morgan fingerprint density at radius 1 is 0.963 bits per heavy atom. The fraction of sp³-hybridized carbons (Fsp3) is 0.381. The highest BCUT2D eigenvalue weighted by Gasteiger charge is 2.31. The Balaban J connectivity index is 1.82. The second-order valence-electron chi connectivity index (χ2n) is 6.50. The summed E-state index contributed by atoms with van der Waals surface area (Å²) in [4.78, 5) is 15.0. The average molecular weight is 371 g/mol. The quantitative estimate of drug-likeness (QED) is 0.807. The SMILES string of the molecule is COc1ccc(C2CN(C(=O)c3cc(OC)cc(OC)c3)C(C)CO2)cc1. The molecule has 6 nitrogen and oxygen atoms in total. The Morgan fingerprint density at radius 2 is 1.56 bits per heavy atom. The minimum absolute atomic E-state index is 0.0239. The topological polar surface area (TPSA) is 57.2 Å². The summed E-state index contributed by atoms with van der Waals surface area (Å²) < 4.78 is 21.8. The molecule has 0 bridgehead atoms. The van der Waals surface area contributed by atoms with E-state index in [9.17, 15) is 4.79 Å². The molecule has 1 heterocycles. The number of rotatable bonds is 5. The summed E-state index contributed by atoms with van der Waals surface area (Å²) in [6, 6.07) is 12.9. The summed E-state index contributed by atoms with van der Waals surface area (Å²) in [5, 5.41) is 0. The van der Waals surface area contributed by atoms with Gasteiger partial charge in [0.2, 0.25) is 0 Å². The van der Waals surface area contributed by atoms with E-state index >= 15 is 0 Å². The highest BCUT2D eigenvalue weighted by atomic mass is 16.5. The van der Waals surface area contributed by atoms with Gasteiger partial charge in [0.15, 0.2) is 0 Å². The summed E-state index contributed by atoms with van der Waals surface area (Å²) >= 11 is 0. The number of hydrogen-bond donors (Lipinski definition) is 0. The molecule has 3 rings (SSSR count). The minimum atomic E-state index is -0.177. The third-order valence-electron chi connectivity index (χ3n) is 4.78. The van der Waals surface area contributed by atoms with E-state index in [1.54, 1.807) is 39.5 Å². The van der Waals surface area contributed by atoms with Crippen LogP contribution in [0.3, 0.4) is 0 Å². The molecule has 6 heteroatoms. The number of benzene rings is 2. The van der Waals surface area contributed by atoms with E-state index in [1.165, 1.54) is 0 Å². The van der Waals surface area contributed by atoms with Crippen molar-refractivity contribution < 1.29 is 23.7 Å². The van der Waals surface area contributed by atoms with E-state index in [2.05, 4.69) is 0 Å². The molecule has 0 aromatic heterocycles. The van der Waals surface area contributed by atoms with Gasteiger partial charge < -0.3 is 23.8 Å². The first-order valence-electron chi connectivity index (χ1n) is 8.85. The number of methoxy groups -OCH3 is 3. The minimum Gasteiger partial charge on any atom is -0.497 e. The zero-order valence-electron chi connectivity index (χ0n) is 16.1. The van der Waals surface area contributed by atoms with Gasteiger partial charge >= 0.3 is 0 Å². The first-order valence-corrected chi connectivity index (χ1v) is 8.85. The molecule has 0 saturated carbocycles. The van der Waals surface area contributed by atoms with Crippen LogP contribution in [-0.4, -0.2) is 51.3 Å². The normalized spacial score (nSPS) is 19.5. The molecule has 2 aromatic rings. The molecule has 2 atom stereocenters. The highest BCUT2D eigenvalue weighted by Crippen LogP contribution is 2.29. The van der Waals surface area contributed by atoms with Gasteiger partial charge in [-0.15, -0.1) is 0 Å². The van der Waals surface area contributed by atoms with E-state index in [0.717, 1.165) is 11.3 Å². The largest absolute Gasteiger partial charge is 0.497 e. The Hall–Kier alpha value is -2.73. The fourth-order valence-corrected chi connectivity index (χ4v) is 3.16. The van der Waals surface area contributed by atoms with Crippen molar-refractivity contribution in [3.05, 3.63) is 53.6 Å². The lowest BCUT2D eigenvalue weighted by atomic mass is 10.0. The molecule has 0 N–H and O–H groups in total. The molecule has 0 radical (unpaired) electrons. The average Bonchev–Trinajstić information content (AvgIpc) is 2.73. The van der Waals surface area contributed by atoms with Gasteiger partial charge in [0.05, 0.1) is 40.5 Å². The Labute approximate surface area is 159 Å². The van der Waals surface area contributed by atoms with E-state index in [4.69, 9.17) is 18.9 Å². The van der Waals surface area contributed by atoms with Crippen LogP contribution in [0.4, 0.5) is 0 Å². The lowest BCUT2D eigenvalue weighted by molar-refractivity contribution is -0.0486. The molecular formula is C21H25NO5. The summed E-state index contributed by atoms with van der Waals surface area (Å²) in [5.41, 5.74) is 1.55. The molecule has 27 heavy (non-hydrogen) atoms. The lowest BCUT2D eigenvalue weighted by Gasteiger charge is -2.38. The Kier molecular flexibility index (Phi) is 5.86. The molecular weight excluding hydrogens is 346 g/mol. The molecule has 1 fully saturated rings. The smallest absolute Gasteiger partial charge is 0.254 e. The molecule has 1 aliphatic rings. The molecule has 2 unspecified atom stereocenters. The number of morpholine rings is 1. The van der Waals surface area contributed by atoms with Gasteiger partial charge in [0.1, 0.15) is 23.4 Å². The van der Waals surface area contributed by atoms with Gasteiger partial charge in [0.25, 0.3) is 5.91 Å². The molecule has 2 aromatic carbocycles. The van der Waals surface area contributed by atoms with Crippen molar-refractivity contribution in [2.75, 3.05) is 34.5 Å². The van der Waals surface area contributed by atoms with Crippen LogP contribution in [-0.2, 0) is 4.74 Å². The third-order valence-corrected chi connectivity index (χ3v) is 4.78. The van der Waals surface area contributed by atoms with Crippen LogP contribution in [0, 0.1) is 0 Å². The van der Waals surface area contributed by atoms with Crippen molar-refractivity contribution in [1.82, 2.24) is 4.90 Å². The van der Waals surface area contributed by atoms with Gasteiger partial charge in [-0.05, 0) is 36.8 Å². The number of carbonyl (C=O) groups excluding carboxylic acids is 1. The van der Waals surface area contributed by atoms with Crippen molar-refractivity contribution in [2.45, 2.75) is 19.1 Å². The maximum absolute atomic E-state index is 13.2. The van der Waals surface area contributed by atoms with Crippen molar-refractivity contribution in [3.63, 3.8) is 0 Å². The number of nitrogens with zero attached hydrogens (tertiary/aromatic N) is 1. The van der Waals surface area contributed by atoms with Crippen molar-refractivity contribution in [1.29, 1.82) is 0 Å². The van der Waals surface area contributed by atoms with Gasteiger partial charge in [-0.1, -0.05) is 12.1 Å². The summed E-state index contributed by atoms with van der Waals surface area (Å²) in [5.74, 6) is 1.90. The maximum atomic E-state index is 13.2. The Morgan fingerprint density at radius 3 is 2.11 bits per heavy atom. The standard InChI is InChI=1S/C21H25NO5/c1-14-13-27-20(15-5-7-17(24-2)8-6-15)12-22(14)21(23)16-9-18(25-3)11-19(10-16)26-4/h5-11,14,20H,12-13H2,1-4H3. The van der Waals surface area contributed by atoms with E-state index in [0.29, 0.717) is 30.2 Å². The predicted octanol–water partition coefficient (Wildman–Crippen LogP) is 3.31. The van der Waals surface area contributed by atoms with Crippen LogP contribution in [0.1, 0.15) is 28.9 Å². The van der Waals surface area contributed by atoms with Crippen molar-refractivity contribution >= 4 is 5.91 Å². The van der Waals surface area contributed by atoms with E-state index < -0.39 is 0 Å². The first-order chi connectivity index (χ1) is 13.0. The van der Waals surface area contributed by atoms with Crippen LogP contribution in [0.25, 0.3) is 0 Å². The number of hydrogen-bond acceptors (Lipinski definition) is 5. The van der Waals surface area contributed by atoms with Crippen LogP contribution in [0.5, 0.6) is 17.2 Å². The highest BCUT2D eigenvalue weighted by molar-refractivity contribution is 5.95. The Bertz CT molecular complexity index is 767. The predicted molar refractivity (Wildman–Crippen MR) is 102 cm³/mol. The van der Waals surface area contributed by atoms with E-state index in [-0.39, 0.29) is 18.1 Å². The van der Waals surface area contributed by atoms with Gasteiger partial charge in [-0.3, -0.25) is 4.79 Å². The van der Waals surface area contributed by atoms with Crippen LogP contribution < -0.4 is 14.2 Å². The molecule has 0 spiro atoms. The second kappa shape index (κ2) is 8.31. The van der Waals surface area contributed by atoms with E-state index in [1.807, 2.05) is 36.1 Å². The fourth-order valence-electron chi connectivity index (χ4n) is 3.16. The molecule has 1 amide bonds. The van der Waals surface area contributed by atoms with Gasteiger partial charge in [0, 0.05) is 11.6 Å². The van der Waals surface area contributed by atoms with Gasteiger partial charge in [-0.2, -0.15) is 0 Å². The molecule has 0 aliphatic carbocycles. The molecule has 1 aliphatic heterocycles. The first kappa shape index (κ1) is 19.0. The zero-order valence-corrected chi connectivity index (χ0v) is 16.1. The van der Waals surface area contributed by atoms with Crippen molar-refractivity contribution in [3.8, 4) is 17.2 Å². The summed E-state index contributed by atoms with van der Waals surface area (Å²) in [6.07, 6.45) is -0.177. The third kappa shape index (κ3) is 4.17. The summed E-state index contributed by atoms with van der Waals surface area (Å²) in [7, 11) is 4.77. The molecule has 144 valence electrons. The number of carbonyl (C=O) groups is 1. The van der Waals surface area contributed by atoms with Gasteiger partial charge in [-0.25, -0.2) is 0 Å². The maximum Gasteiger partial charge on any atom is 0.254 e. The van der Waals surface area contributed by atoms with Crippen LogP contribution >= 0.6 is 0 Å². The zero-order chi connectivity index (χ0) is 19.4. The monoisotopic (exact) mass is 371 g/mol. The van der Waals surface area contributed by atoms with Crippen LogP contribution in [0.15, 0.2) is 42.5 Å². The molecule has 1 saturated heterocycles. The summed E-state index contributed by atoms with van der Waals surface area (Å²) in [6.45, 7) is 2.94. The van der Waals surface area contributed by atoms with Crippen molar-refractivity contribution in [2.24, 2.45) is 0 Å². The second-order valence-corrected chi connectivity index (χ2v) is 6.50.